The number of carboxylic acids is 2. The number of nitro groups is 1. The molecule has 0 unspecified atom stereocenters. The quantitative estimate of drug-likeness (QED) is 0.0578. The van der Waals surface area contributed by atoms with E-state index < -0.39 is 28.5 Å². The van der Waals surface area contributed by atoms with E-state index in [1.807, 2.05) is 48.5 Å². The number of rotatable bonds is 15. The van der Waals surface area contributed by atoms with Gasteiger partial charge >= 0.3 is 11.9 Å². The second kappa shape index (κ2) is 16.7. The summed E-state index contributed by atoms with van der Waals surface area (Å²) in [5.74, 6) is -0.822. The van der Waals surface area contributed by atoms with E-state index in [1.54, 1.807) is 66.7 Å². The van der Waals surface area contributed by atoms with Crippen LogP contribution in [0.15, 0.2) is 140 Å². The Morgan fingerprint density at radius 2 is 1.11 bits per heavy atom. The molecule has 0 saturated heterocycles. The fourth-order valence-electron chi connectivity index (χ4n) is 5.79. The molecule has 0 atom stereocenters. The van der Waals surface area contributed by atoms with E-state index >= 15 is 0 Å². The molecule has 0 saturated carbocycles. The van der Waals surface area contributed by atoms with Gasteiger partial charge in [0.25, 0.3) is 11.6 Å². The Morgan fingerprint density at radius 1 is 0.625 bits per heavy atom. The number of amides is 1. The molecule has 0 heterocycles. The van der Waals surface area contributed by atoms with Gasteiger partial charge in [-0.25, -0.2) is 9.59 Å². The van der Waals surface area contributed by atoms with E-state index in [0.717, 1.165) is 29.3 Å². The first-order valence-electron chi connectivity index (χ1n) is 17.2. The van der Waals surface area contributed by atoms with Crippen LogP contribution in [0, 0.1) is 10.1 Å². The van der Waals surface area contributed by atoms with Gasteiger partial charge in [-0.1, -0.05) is 56.3 Å². The third-order valence-electron chi connectivity index (χ3n) is 8.94. The number of carbonyl (C=O) groups excluding carboxylic acids is 1. The lowest BCUT2D eigenvalue weighted by molar-refractivity contribution is -0.384. The van der Waals surface area contributed by atoms with Gasteiger partial charge in [0.05, 0.1) is 27.3 Å². The summed E-state index contributed by atoms with van der Waals surface area (Å²) >= 11 is 0. The van der Waals surface area contributed by atoms with Crippen molar-refractivity contribution in [2.24, 2.45) is 0 Å². The minimum atomic E-state index is -1.38. The molecule has 0 aliphatic heterocycles. The van der Waals surface area contributed by atoms with Crippen molar-refractivity contribution in [1.29, 1.82) is 0 Å². The topological polar surface area (TPSA) is 187 Å². The summed E-state index contributed by atoms with van der Waals surface area (Å²) in [5, 5.41) is 32.5. The Hall–Kier alpha value is -7.51. The van der Waals surface area contributed by atoms with Gasteiger partial charge in [0.1, 0.15) is 29.6 Å². The zero-order valence-corrected chi connectivity index (χ0v) is 30.1. The van der Waals surface area contributed by atoms with Crippen LogP contribution < -0.4 is 20.3 Å². The number of hydrogen-bond acceptors (Lipinski definition) is 9. The number of ether oxygens (including phenoxy) is 2. The van der Waals surface area contributed by atoms with Crippen LogP contribution in [0.2, 0.25) is 0 Å². The Labute approximate surface area is 320 Å². The summed E-state index contributed by atoms with van der Waals surface area (Å²) in [6.45, 7) is 4.32. The first-order chi connectivity index (χ1) is 26.9. The van der Waals surface area contributed by atoms with Gasteiger partial charge in [-0.2, -0.15) is 0 Å². The molecular weight excluding hydrogens is 718 g/mol. The number of nitrogens with zero attached hydrogens (tertiary/aromatic N) is 1. The van der Waals surface area contributed by atoms with Crippen molar-refractivity contribution in [2.45, 2.75) is 25.9 Å². The molecule has 1 amide bonds. The summed E-state index contributed by atoms with van der Waals surface area (Å²) < 4.78 is 12.1. The third kappa shape index (κ3) is 9.16. The lowest BCUT2D eigenvalue weighted by atomic mass is 9.78. The molecule has 13 nitrogen and oxygen atoms in total. The highest BCUT2D eigenvalue weighted by Gasteiger charge is 2.24. The van der Waals surface area contributed by atoms with Gasteiger partial charge in [0, 0.05) is 23.2 Å². The van der Waals surface area contributed by atoms with Crippen LogP contribution in [0.5, 0.6) is 23.0 Å². The fraction of sp³-hybridized carbons (Fsp3) is 0.0930. The molecule has 6 rings (SSSR count). The van der Waals surface area contributed by atoms with Gasteiger partial charge < -0.3 is 25.0 Å². The van der Waals surface area contributed by atoms with E-state index in [2.05, 4.69) is 24.6 Å². The normalized spacial score (nSPS) is 11.0. The standard InChI is InChI=1S/C43H35N3O10/c1-43(2,29-9-18-34(19-10-29)56-36-22-13-31(14-23-36)45-54-26-27-5-3-4-6-37(27)41(48)49)28-7-16-33(17-8-28)55-35-20-11-30(12-21-35)44-40(47)39-25-32(46(52)53)15-24-38(39)42(50)51/h3-25,45H,26H2,1-2H3,(H,44,47)(H,48,49)(H,50,51). The fourth-order valence-corrected chi connectivity index (χ4v) is 5.79. The number of non-ortho nitro benzene ring substituents is 1. The largest absolute Gasteiger partial charge is 0.478 e. The van der Waals surface area contributed by atoms with Crippen molar-refractivity contribution in [2.75, 3.05) is 10.8 Å². The average Bonchev–Trinajstić information content (AvgIpc) is 3.19. The van der Waals surface area contributed by atoms with Gasteiger partial charge in [0.15, 0.2) is 0 Å². The second-order valence-electron chi connectivity index (χ2n) is 13.0. The first kappa shape index (κ1) is 38.2. The summed E-state index contributed by atoms with van der Waals surface area (Å²) in [4.78, 5) is 51.8. The summed E-state index contributed by atoms with van der Waals surface area (Å²) in [6, 6.07) is 38.8. The number of carbonyl (C=O) groups is 3. The molecule has 0 aromatic heterocycles. The highest BCUT2D eigenvalue weighted by molar-refractivity contribution is 6.11. The SMILES string of the molecule is CC(C)(c1ccc(Oc2ccc(NOCc3ccccc3C(=O)O)cc2)cc1)c1ccc(Oc2ccc(NC(=O)c3cc([N+](=O)[O-])ccc3C(=O)O)cc2)cc1. The Bertz CT molecular complexity index is 2380. The summed E-state index contributed by atoms with van der Waals surface area (Å²) in [6.07, 6.45) is 0. The zero-order chi connectivity index (χ0) is 39.8. The minimum Gasteiger partial charge on any atom is -0.478 e. The minimum absolute atomic E-state index is 0.0803. The van der Waals surface area contributed by atoms with Gasteiger partial charge in [0.2, 0.25) is 0 Å². The number of nitro benzene ring substituents is 1. The van der Waals surface area contributed by atoms with Crippen molar-refractivity contribution >= 4 is 34.9 Å². The number of aromatic carboxylic acids is 2. The molecule has 0 radical (unpaired) electrons. The third-order valence-corrected chi connectivity index (χ3v) is 8.94. The van der Waals surface area contributed by atoms with Crippen LogP contribution in [0.1, 0.15) is 61.6 Å². The Kier molecular flexibility index (Phi) is 11.4. The zero-order valence-electron chi connectivity index (χ0n) is 30.1. The average molecular weight is 754 g/mol. The van der Waals surface area contributed by atoms with Crippen molar-refractivity contribution in [3.8, 4) is 23.0 Å². The predicted octanol–water partition coefficient (Wildman–Crippen LogP) is 9.70. The summed E-state index contributed by atoms with van der Waals surface area (Å²) in [5.41, 5.74) is 5.28. The molecule has 0 bridgehead atoms. The van der Waals surface area contributed by atoms with E-state index in [9.17, 15) is 34.7 Å². The van der Waals surface area contributed by atoms with Gasteiger partial charge in [-0.3, -0.25) is 25.2 Å². The smallest absolute Gasteiger partial charge is 0.336 e. The number of anilines is 2. The molecule has 56 heavy (non-hydrogen) atoms. The van der Waals surface area contributed by atoms with Crippen molar-refractivity contribution < 1.29 is 43.8 Å². The second-order valence-corrected chi connectivity index (χ2v) is 13.0. The molecule has 0 fully saturated rings. The highest BCUT2D eigenvalue weighted by atomic mass is 16.6. The molecule has 0 aliphatic rings. The highest BCUT2D eigenvalue weighted by Crippen LogP contribution is 2.35. The number of hydrogen-bond donors (Lipinski definition) is 4. The van der Waals surface area contributed by atoms with Crippen LogP contribution >= 0.6 is 0 Å². The van der Waals surface area contributed by atoms with Crippen molar-refractivity contribution in [3.05, 3.63) is 183 Å². The van der Waals surface area contributed by atoms with E-state index in [0.29, 0.717) is 39.9 Å². The molecule has 6 aromatic carbocycles. The molecule has 0 aliphatic carbocycles. The lowest BCUT2D eigenvalue weighted by Crippen LogP contribution is -2.18. The van der Waals surface area contributed by atoms with E-state index in [-0.39, 0.29) is 28.7 Å². The first-order valence-corrected chi connectivity index (χ1v) is 17.2. The van der Waals surface area contributed by atoms with Gasteiger partial charge in [-0.05, 0) is 102 Å². The maximum Gasteiger partial charge on any atom is 0.336 e. The van der Waals surface area contributed by atoms with Crippen LogP contribution in [-0.2, 0) is 16.9 Å². The van der Waals surface area contributed by atoms with Crippen LogP contribution in [0.4, 0.5) is 17.1 Å². The number of benzene rings is 6. The molecule has 13 heteroatoms. The Balaban J connectivity index is 1.01. The lowest BCUT2D eigenvalue weighted by Gasteiger charge is -2.26. The van der Waals surface area contributed by atoms with E-state index in [4.69, 9.17) is 14.3 Å². The van der Waals surface area contributed by atoms with Gasteiger partial charge in [-0.15, -0.1) is 0 Å². The summed E-state index contributed by atoms with van der Waals surface area (Å²) in [7, 11) is 0. The Morgan fingerprint density at radius 3 is 1.61 bits per heavy atom. The van der Waals surface area contributed by atoms with Crippen LogP contribution in [0.3, 0.4) is 0 Å². The molecule has 4 N–H and O–H groups in total. The molecule has 282 valence electrons. The molecule has 0 spiro atoms. The van der Waals surface area contributed by atoms with Crippen molar-refractivity contribution in [1.82, 2.24) is 0 Å². The van der Waals surface area contributed by atoms with E-state index in [1.165, 1.54) is 6.07 Å². The molecular formula is C43H35N3O10. The van der Waals surface area contributed by atoms with Crippen LogP contribution in [0.25, 0.3) is 0 Å². The molecule has 6 aromatic rings. The number of carboxylic acid groups (broad SMARTS) is 2. The number of nitrogens with one attached hydrogen (secondary N) is 2. The monoisotopic (exact) mass is 753 g/mol. The van der Waals surface area contributed by atoms with Crippen molar-refractivity contribution in [3.63, 3.8) is 0 Å². The van der Waals surface area contributed by atoms with Crippen LogP contribution in [-0.4, -0.2) is 33.0 Å². The predicted molar refractivity (Wildman–Crippen MR) is 208 cm³/mol. The maximum absolute atomic E-state index is 12.8. The maximum atomic E-state index is 12.8.